The molecule has 166 valence electrons. The van der Waals surface area contributed by atoms with Crippen LogP contribution in [0.5, 0.6) is 5.75 Å². The molecule has 3 aromatic carbocycles. The summed E-state index contributed by atoms with van der Waals surface area (Å²) < 4.78 is 34.6. The quantitative estimate of drug-likeness (QED) is 0.593. The van der Waals surface area contributed by atoms with Gasteiger partial charge in [0.25, 0.3) is 5.91 Å². The summed E-state index contributed by atoms with van der Waals surface area (Å²) in [4.78, 5) is 16.3. The Kier molecular flexibility index (Phi) is 5.66. The Labute approximate surface area is 185 Å². The SMILES string of the molecule is O=C1NCc2ccc(OCCCN3CCN(c4cccc5cccc(F)c45)CC3)c(F)c21. The largest absolute Gasteiger partial charge is 0.490 e. The van der Waals surface area contributed by atoms with E-state index in [0.717, 1.165) is 50.2 Å². The van der Waals surface area contributed by atoms with E-state index in [2.05, 4.69) is 15.1 Å². The van der Waals surface area contributed by atoms with Crippen molar-refractivity contribution in [3.05, 3.63) is 71.3 Å². The van der Waals surface area contributed by atoms with Crippen molar-refractivity contribution in [2.45, 2.75) is 13.0 Å². The minimum absolute atomic E-state index is 0.100. The van der Waals surface area contributed by atoms with Crippen molar-refractivity contribution in [2.24, 2.45) is 0 Å². The van der Waals surface area contributed by atoms with Crippen LogP contribution in [0, 0.1) is 11.6 Å². The summed E-state index contributed by atoms with van der Waals surface area (Å²) in [5, 5.41) is 4.22. The predicted molar refractivity (Wildman–Crippen MR) is 120 cm³/mol. The average molecular weight is 437 g/mol. The van der Waals surface area contributed by atoms with Crippen LogP contribution < -0.4 is 15.0 Å². The number of carbonyl (C=O) groups is 1. The average Bonchev–Trinajstić information content (AvgIpc) is 3.20. The number of benzene rings is 3. The second-order valence-electron chi connectivity index (χ2n) is 8.24. The lowest BCUT2D eigenvalue weighted by Crippen LogP contribution is -2.46. The van der Waals surface area contributed by atoms with Crippen LogP contribution in [0.4, 0.5) is 14.5 Å². The minimum atomic E-state index is -0.576. The minimum Gasteiger partial charge on any atom is -0.490 e. The highest BCUT2D eigenvalue weighted by Gasteiger charge is 2.26. The van der Waals surface area contributed by atoms with Crippen LogP contribution in [0.3, 0.4) is 0 Å². The molecule has 7 heteroatoms. The lowest BCUT2D eigenvalue weighted by Gasteiger charge is -2.36. The van der Waals surface area contributed by atoms with Gasteiger partial charge >= 0.3 is 0 Å². The molecule has 0 radical (unpaired) electrons. The van der Waals surface area contributed by atoms with Gasteiger partial charge in [-0.2, -0.15) is 0 Å². The highest BCUT2D eigenvalue weighted by Crippen LogP contribution is 2.30. The van der Waals surface area contributed by atoms with Crippen molar-refractivity contribution in [3.63, 3.8) is 0 Å². The Balaban J connectivity index is 1.13. The summed E-state index contributed by atoms with van der Waals surface area (Å²) in [7, 11) is 0. The first kappa shape index (κ1) is 20.7. The predicted octanol–water partition coefficient (Wildman–Crippen LogP) is 3.95. The molecule has 0 bridgehead atoms. The van der Waals surface area contributed by atoms with Gasteiger partial charge in [-0.15, -0.1) is 0 Å². The fourth-order valence-electron chi connectivity index (χ4n) is 4.59. The van der Waals surface area contributed by atoms with Crippen molar-refractivity contribution in [1.29, 1.82) is 0 Å². The molecule has 3 aromatic rings. The van der Waals surface area contributed by atoms with Crippen molar-refractivity contribution in [1.82, 2.24) is 10.2 Å². The summed E-state index contributed by atoms with van der Waals surface area (Å²) in [6.45, 7) is 4.97. The summed E-state index contributed by atoms with van der Waals surface area (Å²) in [6, 6.07) is 14.4. The second-order valence-corrected chi connectivity index (χ2v) is 8.24. The lowest BCUT2D eigenvalue weighted by atomic mass is 10.1. The Bertz CT molecular complexity index is 1150. The summed E-state index contributed by atoms with van der Waals surface area (Å²) >= 11 is 0. The van der Waals surface area contributed by atoms with Crippen LogP contribution in [0.25, 0.3) is 10.8 Å². The van der Waals surface area contributed by atoms with Gasteiger partial charge in [-0.25, -0.2) is 8.78 Å². The molecule has 0 saturated carbocycles. The van der Waals surface area contributed by atoms with Crippen molar-refractivity contribution in [2.75, 3.05) is 44.2 Å². The van der Waals surface area contributed by atoms with Crippen LogP contribution in [0.1, 0.15) is 22.3 Å². The Morgan fingerprint density at radius 3 is 2.56 bits per heavy atom. The first-order valence-corrected chi connectivity index (χ1v) is 11.0. The van der Waals surface area contributed by atoms with E-state index in [1.54, 1.807) is 18.2 Å². The van der Waals surface area contributed by atoms with Gasteiger partial charge in [0.15, 0.2) is 11.6 Å². The number of rotatable bonds is 6. The van der Waals surface area contributed by atoms with Gasteiger partial charge in [0.1, 0.15) is 5.82 Å². The molecule has 1 amide bonds. The Morgan fingerprint density at radius 1 is 0.969 bits per heavy atom. The summed E-state index contributed by atoms with van der Waals surface area (Å²) in [5.41, 5.74) is 1.71. The summed E-state index contributed by atoms with van der Waals surface area (Å²) in [6.07, 6.45) is 0.756. The molecule has 2 aliphatic rings. The molecule has 5 rings (SSSR count). The number of hydrogen-bond acceptors (Lipinski definition) is 4. The third-order valence-electron chi connectivity index (χ3n) is 6.28. The van der Waals surface area contributed by atoms with Crippen LogP contribution in [0.2, 0.25) is 0 Å². The molecular formula is C25H25F2N3O2. The van der Waals surface area contributed by atoms with Gasteiger partial charge in [-0.1, -0.05) is 30.3 Å². The summed E-state index contributed by atoms with van der Waals surface area (Å²) in [5.74, 6) is -1.02. The van der Waals surface area contributed by atoms with Crippen molar-refractivity contribution in [3.8, 4) is 5.75 Å². The molecule has 2 aliphatic heterocycles. The molecule has 2 heterocycles. The van der Waals surface area contributed by atoms with E-state index in [1.807, 2.05) is 24.3 Å². The van der Waals surface area contributed by atoms with Crippen LogP contribution >= 0.6 is 0 Å². The fraction of sp³-hybridized carbons (Fsp3) is 0.320. The van der Waals surface area contributed by atoms with Gasteiger partial charge in [0.05, 0.1) is 12.2 Å². The van der Waals surface area contributed by atoms with E-state index < -0.39 is 5.82 Å². The smallest absolute Gasteiger partial charge is 0.255 e. The lowest BCUT2D eigenvalue weighted by molar-refractivity contribution is 0.0961. The first-order chi connectivity index (χ1) is 15.6. The molecule has 0 unspecified atom stereocenters. The molecular weight excluding hydrogens is 412 g/mol. The molecule has 5 nitrogen and oxygen atoms in total. The molecule has 0 aliphatic carbocycles. The van der Waals surface area contributed by atoms with Gasteiger partial charge in [0, 0.05) is 50.3 Å². The number of amides is 1. The number of nitrogens with zero attached hydrogens (tertiary/aromatic N) is 2. The third-order valence-corrected chi connectivity index (χ3v) is 6.28. The zero-order chi connectivity index (χ0) is 22.1. The maximum absolute atomic E-state index is 14.5. The number of fused-ring (bicyclic) bond motifs is 2. The molecule has 1 N–H and O–H groups in total. The number of carbonyl (C=O) groups excluding carboxylic acids is 1. The van der Waals surface area contributed by atoms with E-state index in [9.17, 15) is 13.6 Å². The zero-order valence-electron chi connectivity index (χ0n) is 17.7. The van der Waals surface area contributed by atoms with E-state index in [-0.39, 0.29) is 23.0 Å². The van der Waals surface area contributed by atoms with Crippen molar-refractivity contribution >= 4 is 22.4 Å². The van der Waals surface area contributed by atoms with E-state index >= 15 is 0 Å². The van der Waals surface area contributed by atoms with E-state index in [4.69, 9.17) is 4.74 Å². The van der Waals surface area contributed by atoms with Crippen molar-refractivity contribution < 1.29 is 18.3 Å². The number of halogens is 2. The van der Waals surface area contributed by atoms with Crippen LogP contribution in [-0.4, -0.2) is 50.1 Å². The van der Waals surface area contributed by atoms with Crippen LogP contribution in [0.15, 0.2) is 48.5 Å². The third kappa shape index (κ3) is 3.88. The van der Waals surface area contributed by atoms with E-state index in [1.165, 1.54) is 6.07 Å². The number of piperazine rings is 1. The Hall–Kier alpha value is -3.19. The van der Waals surface area contributed by atoms with Crippen LogP contribution in [-0.2, 0) is 6.54 Å². The maximum atomic E-state index is 14.5. The number of anilines is 1. The monoisotopic (exact) mass is 437 g/mol. The molecule has 1 fully saturated rings. The number of hydrogen-bond donors (Lipinski definition) is 1. The van der Waals surface area contributed by atoms with Gasteiger partial charge < -0.3 is 15.0 Å². The van der Waals surface area contributed by atoms with Gasteiger partial charge in [-0.3, -0.25) is 9.69 Å². The zero-order valence-corrected chi connectivity index (χ0v) is 17.7. The van der Waals surface area contributed by atoms with Gasteiger partial charge in [-0.05, 0) is 35.6 Å². The maximum Gasteiger partial charge on any atom is 0.255 e. The second kappa shape index (κ2) is 8.74. The van der Waals surface area contributed by atoms with Gasteiger partial charge in [0.2, 0.25) is 0 Å². The first-order valence-electron chi connectivity index (χ1n) is 11.0. The fourth-order valence-corrected chi connectivity index (χ4v) is 4.59. The highest BCUT2D eigenvalue weighted by molar-refractivity contribution is 5.99. The Morgan fingerprint density at radius 2 is 1.75 bits per heavy atom. The molecule has 32 heavy (non-hydrogen) atoms. The number of nitrogens with one attached hydrogen (secondary N) is 1. The normalized spacial score (nSPS) is 16.3. The molecule has 1 saturated heterocycles. The highest BCUT2D eigenvalue weighted by atomic mass is 19.1. The van der Waals surface area contributed by atoms with E-state index in [0.29, 0.717) is 24.1 Å². The topological polar surface area (TPSA) is 44.8 Å². The standard InChI is InChI=1S/C25H25F2N3O2/c26-19-6-1-4-17-5-2-7-20(22(17)19)30-13-11-29(12-14-30)10-3-15-32-21-9-8-18-16-28-25(31)23(18)24(21)27/h1-2,4-9H,3,10-16H2,(H,28,31). The molecule has 0 spiro atoms. The molecule has 0 aromatic heterocycles. The molecule has 0 atom stereocenters. The number of ether oxygens (including phenoxy) is 1.